The van der Waals surface area contributed by atoms with Crippen LogP contribution in [0.3, 0.4) is 0 Å². The van der Waals surface area contributed by atoms with Gasteiger partial charge in [-0.05, 0) is 43.9 Å². The van der Waals surface area contributed by atoms with Gasteiger partial charge in [0.1, 0.15) is 5.75 Å². The van der Waals surface area contributed by atoms with Gasteiger partial charge in [0.05, 0.1) is 5.02 Å². The zero-order valence-electron chi connectivity index (χ0n) is 8.89. The van der Waals surface area contributed by atoms with Gasteiger partial charge in [0.2, 0.25) is 0 Å². The zero-order chi connectivity index (χ0) is 10.9. The molecule has 1 aliphatic carbocycles. The minimum absolute atomic E-state index is 0.148. The number of phenolic OH excluding ortho intramolecular Hbond substituents is 1. The molecular weight excluding hydrogens is 210 g/mol. The van der Waals surface area contributed by atoms with Crippen molar-refractivity contribution in [3.63, 3.8) is 0 Å². The monoisotopic (exact) mass is 225 g/mol. The molecule has 3 heteroatoms. The van der Waals surface area contributed by atoms with Crippen LogP contribution in [0.2, 0.25) is 5.02 Å². The molecule has 2 rings (SSSR count). The van der Waals surface area contributed by atoms with Gasteiger partial charge >= 0.3 is 0 Å². The van der Waals surface area contributed by atoms with Crippen molar-refractivity contribution in [3.8, 4) is 5.75 Å². The molecule has 1 fully saturated rings. The van der Waals surface area contributed by atoms with Gasteiger partial charge in [-0.15, -0.1) is 0 Å². The van der Waals surface area contributed by atoms with Crippen molar-refractivity contribution in [1.29, 1.82) is 0 Å². The van der Waals surface area contributed by atoms with Gasteiger partial charge in [0.15, 0.2) is 0 Å². The Labute approximate surface area is 95.3 Å². The molecule has 1 aromatic rings. The summed E-state index contributed by atoms with van der Waals surface area (Å²) in [5, 5.41) is 13.2. The van der Waals surface area contributed by atoms with Gasteiger partial charge in [-0.2, -0.15) is 0 Å². The molecular formula is C12H16ClNO. The number of aromatic hydroxyl groups is 1. The fourth-order valence-electron chi connectivity index (χ4n) is 1.86. The summed E-state index contributed by atoms with van der Waals surface area (Å²) in [4.78, 5) is 0. The Kier molecular flexibility index (Phi) is 2.89. The minimum Gasteiger partial charge on any atom is -0.506 e. The van der Waals surface area contributed by atoms with Crippen molar-refractivity contribution in [2.45, 2.75) is 38.3 Å². The largest absolute Gasteiger partial charge is 0.506 e. The third-order valence-electron chi connectivity index (χ3n) is 3.19. The summed E-state index contributed by atoms with van der Waals surface area (Å²) in [5.41, 5.74) is 1.43. The first-order valence-electron chi connectivity index (χ1n) is 5.31. The van der Waals surface area contributed by atoms with Crippen molar-refractivity contribution < 1.29 is 5.11 Å². The average Bonchev–Trinajstić information content (AvgIpc) is 2.17. The van der Waals surface area contributed by atoms with E-state index in [2.05, 4.69) is 12.2 Å². The Morgan fingerprint density at radius 2 is 2.20 bits per heavy atom. The molecule has 82 valence electrons. The van der Waals surface area contributed by atoms with Gasteiger partial charge in [0.25, 0.3) is 0 Å². The number of hydrogen-bond acceptors (Lipinski definition) is 2. The van der Waals surface area contributed by atoms with Crippen LogP contribution in [0.25, 0.3) is 0 Å². The fraction of sp³-hybridized carbons (Fsp3) is 0.500. The molecule has 0 bridgehead atoms. The van der Waals surface area contributed by atoms with Crippen molar-refractivity contribution >= 4 is 11.6 Å². The molecule has 0 spiro atoms. The van der Waals surface area contributed by atoms with Crippen molar-refractivity contribution in [2.24, 2.45) is 0 Å². The van der Waals surface area contributed by atoms with E-state index < -0.39 is 0 Å². The van der Waals surface area contributed by atoms with Gasteiger partial charge in [-0.3, -0.25) is 0 Å². The fourth-order valence-corrected chi connectivity index (χ4v) is 2.06. The van der Waals surface area contributed by atoms with E-state index in [1.807, 2.05) is 12.1 Å². The number of halogens is 1. The molecule has 0 saturated heterocycles. The third-order valence-corrected chi connectivity index (χ3v) is 3.49. The quantitative estimate of drug-likeness (QED) is 0.829. The number of phenols is 1. The molecule has 2 N–H and O–H groups in total. The number of hydrogen-bond donors (Lipinski definition) is 2. The van der Waals surface area contributed by atoms with E-state index in [0.29, 0.717) is 10.6 Å². The Bertz CT molecular complexity index is 361. The topological polar surface area (TPSA) is 32.3 Å². The summed E-state index contributed by atoms with van der Waals surface area (Å²) in [6.07, 6.45) is 3.82. The predicted molar refractivity (Wildman–Crippen MR) is 62.2 cm³/mol. The highest BCUT2D eigenvalue weighted by Crippen LogP contribution is 2.31. The minimum atomic E-state index is 0.148. The summed E-state index contributed by atoms with van der Waals surface area (Å²) in [5.74, 6) is 0.148. The van der Waals surface area contributed by atoms with Gasteiger partial charge < -0.3 is 10.4 Å². The number of nitrogens with one attached hydrogen (secondary N) is 1. The highest BCUT2D eigenvalue weighted by Gasteiger charge is 2.30. The Balaban J connectivity index is 1.96. The lowest BCUT2D eigenvalue weighted by Gasteiger charge is -2.39. The van der Waals surface area contributed by atoms with E-state index >= 15 is 0 Å². The van der Waals surface area contributed by atoms with E-state index in [9.17, 15) is 5.11 Å². The molecule has 0 radical (unpaired) electrons. The molecule has 0 unspecified atom stereocenters. The standard InChI is InChI=1S/C12H16ClNO/c1-12(5-2-6-12)14-8-9-3-4-11(15)10(13)7-9/h3-4,7,14-15H,2,5-6,8H2,1H3. The van der Waals surface area contributed by atoms with E-state index in [1.165, 1.54) is 19.3 Å². The van der Waals surface area contributed by atoms with Crippen LogP contribution in [0.1, 0.15) is 31.7 Å². The molecule has 1 saturated carbocycles. The van der Waals surface area contributed by atoms with Crippen molar-refractivity contribution in [2.75, 3.05) is 0 Å². The first-order chi connectivity index (χ1) is 7.09. The summed E-state index contributed by atoms with van der Waals surface area (Å²) in [6.45, 7) is 3.06. The molecule has 0 heterocycles. The molecule has 15 heavy (non-hydrogen) atoms. The van der Waals surface area contributed by atoms with Gasteiger partial charge in [-0.25, -0.2) is 0 Å². The highest BCUT2D eigenvalue weighted by atomic mass is 35.5. The van der Waals surface area contributed by atoms with Crippen LogP contribution in [0.15, 0.2) is 18.2 Å². The van der Waals surface area contributed by atoms with Crippen LogP contribution in [0.5, 0.6) is 5.75 Å². The smallest absolute Gasteiger partial charge is 0.134 e. The van der Waals surface area contributed by atoms with Crippen LogP contribution in [-0.4, -0.2) is 10.6 Å². The maximum absolute atomic E-state index is 9.28. The lowest BCUT2D eigenvalue weighted by Crippen LogP contribution is -2.47. The molecule has 2 nitrogen and oxygen atoms in total. The molecule has 0 aliphatic heterocycles. The van der Waals surface area contributed by atoms with Crippen LogP contribution in [0.4, 0.5) is 0 Å². The lowest BCUT2D eigenvalue weighted by atomic mass is 9.78. The average molecular weight is 226 g/mol. The molecule has 1 aliphatic rings. The first-order valence-corrected chi connectivity index (χ1v) is 5.69. The SMILES string of the molecule is CC1(NCc2ccc(O)c(Cl)c2)CCC1. The number of rotatable bonds is 3. The van der Waals surface area contributed by atoms with Crippen LogP contribution < -0.4 is 5.32 Å². The van der Waals surface area contributed by atoms with E-state index in [4.69, 9.17) is 11.6 Å². The predicted octanol–water partition coefficient (Wildman–Crippen LogP) is 3.08. The van der Waals surface area contributed by atoms with Gasteiger partial charge in [0, 0.05) is 12.1 Å². The first kappa shape index (κ1) is 10.8. The van der Waals surface area contributed by atoms with E-state index in [0.717, 1.165) is 12.1 Å². The van der Waals surface area contributed by atoms with E-state index in [1.54, 1.807) is 6.07 Å². The Hall–Kier alpha value is -0.730. The normalized spacial score (nSPS) is 18.5. The highest BCUT2D eigenvalue weighted by molar-refractivity contribution is 6.32. The number of benzene rings is 1. The molecule has 0 amide bonds. The summed E-state index contributed by atoms with van der Waals surface area (Å²) in [6, 6.07) is 5.35. The second kappa shape index (κ2) is 4.03. The second-order valence-electron chi connectivity index (χ2n) is 4.55. The zero-order valence-corrected chi connectivity index (χ0v) is 9.64. The maximum Gasteiger partial charge on any atom is 0.134 e. The summed E-state index contributed by atoms with van der Waals surface area (Å²) in [7, 11) is 0. The van der Waals surface area contributed by atoms with Crippen LogP contribution in [-0.2, 0) is 6.54 Å². The van der Waals surface area contributed by atoms with Gasteiger partial charge in [-0.1, -0.05) is 17.7 Å². The van der Waals surface area contributed by atoms with Crippen molar-refractivity contribution in [1.82, 2.24) is 5.32 Å². The maximum atomic E-state index is 9.28. The molecule has 0 atom stereocenters. The lowest BCUT2D eigenvalue weighted by molar-refractivity contribution is 0.207. The molecule has 0 aromatic heterocycles. The van der Waals surface area contributed by atoms with Crippen molar-refractivity contribution in [3.05, 3.63) is 28.8 Å². The summed E-state index contributed by atoms with van der Waals surface area (Å²) < 4.78 is 0. The second-order valence-corrected chi connectivity index (χ2v) is 4.96. The summed E-state index contributed by atoms with van der Waals surface area (Å²) >= 11 is 5.83. The van der Waals surface area contributed by atoms with E-state index in [-0.39, 0.29) is 5.75 Å². The Morgan fingerprint density at radius 3 is 2.73 bits per heavy atom. The van der Waals surface area contributed by atoms with Crippen LogP contribution in [0, 0.1) is 0 Å². The van der Waals surface area contributed by atoms with Crippen LogP contribution >= 0.6 is 11.6 Å². The molecule has 1 aromatic carbocycles. The third kappa shape index (κ3) is 2.44. The Morgan fingerprint density at radius 1 is 1.47 bits per heavy atom.